The molecule has 0 bridgehead atoms. The lowest BCUT2D eigenvalue weighted by molar-refractivity contribution is 0.0940. The summed E-state index contributed by atoms with van der Waals surface area (Å²) in [5, 5.41) is 3.00. The van der Waals surface area contributed by atoms with E-state index in [0.717, 1.165) is 5.56 Å². The van der Waals surface area contributed by atoms with Crippen LogP contribution in [0.3, 0.4) is 0 Å². The van der Waals surface area contributed by atoms with Gasteiger partial charge in [0.2, 0.25) is 0 Å². The summed E-state index contributed by atoms with van der Waals surface area (Å²) < 4.78 is 0. The Kier molecular flexibility index (Phi) is 3.78. The summed E-state index contributed by atoms with van der Waals surface area (Å²) in [6, 6.07) is 17.5. The van der Waals surface area contributed by atoms with E-state index in [1.165, 1.54) is 5.56 Å². The Morgan fingerprint density at radius 3 is 2.44 bits per heavy atom. The van der Waals surface area contributed by atoms with Crippen LogP contribution in [0.4, 0.5) is 0 Å². The molecule has 1 N–H and O–H groups in total. The Hall–Kier alpha value is -2.09. The van der Waals surface area contributed by atoms with Crippen molar-refractivity contribution in [3.8, 4) is 0 Å². The minimum Gasteiger partial charge on any atom is -0.346 e. The normalized spacial score (nSPS) is 11.9. The fraction of sp³-hybridized carbons (Fsp3) is 0.188. The van der Waals surface area contributed by atoms with Gasteiger partial charge in [-0.25, -0.2) is 0 Å². The number of benzene rings is 2. The molecule has 2 rings (SSSR count). The van der Waals surface area contributed by atoms with Gasteiger partial charge in [-0.3, -0.25) is 4.79 Å². The Labute approximate surface area is 108 Å². The molecule has 1 atom stereocenters. The molecule has 0 saturated carbocycles. The van der Waals surface area contributed by atoms with E-state index in [1.54, 1.807) is 0 Å². The van der Waals surface area contributed by atoms with Crippen molar-refractivity contribution < 1.29 is 4.79 Å². The van der Waals surface area contributed by atoms with Crippen molar-refractivity contribution in [2.24, 2.45) is 0 Å². The van der Waals surface area contributed by atoms with Crippen LogP contribution in [0.5, 0.6) is 0 Å². The van der Waals surface area contributed by atoms with E-state index in [0.29, 0.717) is 5.56 Å². The van der Waals surface area contributed by atoms with Crippen molar-refractivity contribution in [1.82, 2.24) is 5.32 Å². The third-order valence-electron chi connectivity index (χ3n) is 2.93. The van der Waals surface area contributed by atoms with Crippen molar-refractivity contribution >= 4 is 5.91 Å². The molecule has 1 unspecified atom stereocenters. The molecule has 0 spiro atoms. The summed E-state index contributed by atoms with van der Waals surface area (Å²) in [6.07, 6.45) is 0. The van der Waals surface area contributed by atoms with Crippen LogP contribution in [0.25, 0.3) is 0 Å². The molecular weight excluding hydrogens is 222 g/mol. The predicted molar refractivity (Wildman–Crippen MR) is 73.5 cm³/mol. The van der Waals surface area contributed by atoms with E-state index in [-0.39, 0.29) is 11.9 Å². The van der Waals surface area contributed by atoms with Crippen LogP contribution < -0.4 is 5.32 Å². The molecule has 2 aromatic carbocycles. The molecular formula is C16H17NO. The highest BCUT2D eigenvalue weighted by Gasteiger charge is 2.10. The van der Waals surface area contributed by atoms with Gasteiger partial charge >= 0.3 is 0 Å². The topological polar surface area (TPSA) is 29.1 Å². The van der Waals surface area contributed by atoms with Gasteiger partial charge in [-0.05, 0) is 31.5 Å². The highest BCUT2D eigenvalue weighted by molar-refractivity contribution is 5.94. The van der Waals surface area contributed by atoms with Crippen LogP contribution in [0.2, 0.25) is 0 Å². The number of aryl methyl sites for hydroxylation is 1. The molecule has 2 nitrogen and oxygen atoms in total. The third-order valence-corrected chi connectivity index (χ3v) is 2.93. The molecule has 0 radical (unpaired) electrons. The number of carbonyl (C=O) groups excluding carboxylic acids is 1. The van der Waals surface area contributed by atoms with Gasteiger partial charge in [0.1, 0.15) is 0 Å². The molecule has 0 aliphatic carbocycles. The number of hydrogen-bond donors (Lipinski definition) is 1. The van der Waals surface area contributed by atoms with Crippen molar-refractivity contribution in [1.29, 1.82) is 0 Å². The quantitative estimate of drug-likeness (QED) is 0.872. The number of rotatable bonds is 3. The van der Waals surface area contributed by atoms with Crippen LogP contribution >= 0.6 is 0 Å². The second-order valence-corrected chi connectivity index (χ2v) is 4.48. The molecule has 0 heterocycles. The predicted octanol–water partition coefficient (Wildman–Crippen LogP) is 3.49. The van der Waals surface area contributed by atoms with Crippen molar-refractivity contribution in [2.75, 3.05) is 0 Å². The van der Waals surface area contributed by atoms with Crippen molar-refractivity contribution in [3.05, 3.63) is 71.3 Å². The number of carbonyl (C=O) groups is 1. The second-order valence-electron chi connectivity index (χ2n) is 4.48. The molecule has 0 saturated heterocycles. The third kappa shape index (κ3) is 2.98. The maximum absolute atomic E-state index is 12.0. The van der Waals surface area contributed by atoms with E-state index in [1.807, 2.05) is 49.4 Å². The van der Waals surface area contributed by atoms with E-state index in [4.69, 9.17) is 0 Å². The fourth-order valence-electron chi connectivity index (χ4n) is 1.89. The molecule has 2 aromatic rings. The van der Waals surface area contributed by atoms with Gasteiger partial charge in [0.25, 0.3) is 5.91 Å². The van der Waals surface area contributed by atoms with Gasteiger partial charge in [0.15, 0.2) is 0 Å². The van der Waals surface area contributed by atoms with Gasteiger partial charge in [0, 0.05) is 5.56 Å². The van der Waals surface area contributed by atoms with Gasteiger partial charge in [-0.15, -0.1) is 0 Å². The molecule has 18 heavy (non-hydrogen) atoms. The van der Waals surface area contributed by atoms with Crippen molar-refractivity contribution in [2.45, 2.75) is 19.9 Å². The van der Waals surface area contributed by atoms with Gasteiger partial charge in [-0.1, -0.05) is 48.0 Å². The first-order chi connectivity index (χ1) is 8.66. The second kappa shape index (κ2) is 5.50. The Balaban J connectivity index is 2.08. The Bertz CT molecular complexity index is 534. The van der Waals surface area contributed by atoms with Crippen molar-refractivity contribution in [3.63, 3.8) is 0 Å². The van der Waals surface area contributed by atoms with Gasteiger partial charge in [-0.2, -0.15) is 0 Å². The first-order valence-corrected chi connectivity index (χ1v) is 6.09. The van der Waals surface area contributed by atoms with E-state index >= 15 is 0 Å². The summed E-state index contributed by atoms with van der Waals surface area (Å²) in [5.41, 5.74) is 3.02. The first kappa shape index (κ1) is 12.4. The summed E-state index contributed by atoms with van der Waals surface area (Å²) >= 11 is 0. The molecule has 0 aliphatic rings. The fourth-order valence-corrected chi connectivity index (χ4v) is 1.89. The number of amides is 1. The zero-order valence-corrected chi connectivity index (χ0v) is 10.7. The Morgan fingerprint density at radius 1 is 1.06 bits per heavy atom. The molecule has 1 amide bonds. The Morgan fingerprint density at radius 2 is 1.78 bits per heavy atom. The molecule has 92 valence electrons. The maximum Gasteiger partial charge on any atom is 0.251 e. The minimum absolute atomic E-state index is 0.0117. The van der Waals surface area contributed by atoms with E-state index < -0.39 is 0 Å². The number of hydrogen-bond acceptors (Lipinski definition) is 1. The zero-order valence-electron chi connectivity index (χ0n) is 10.7. The summed E-state index contributed by atoms with van der Waals surface area (Å²) in [5.74, 6) is -0.0374. The van der Waals surface area contributed by atoms with Crippen LogP contribution in [-0.2, 0) is 0 Å². The summed E-state index contributed by atoms with van der Waals surface area (Å²) in [6.45, 7) is 4.05. The lowest BCUT2D eigenvalue weighted by Crippen LogP contribution is -2.26. The van der Waals surface area contributed by atoms with Crippen LogP contribution in [0.15, 0.2) is 54.6 Å². The average molecular weight is 239 g/mol. The van der Waals surface area contributed by atoms with Gasteiger partial charge < -0.3 is 5.32 Å². The molecule has 2 heteroatoms. The van der Waals surface area contributed by atoms with E-state index in [2.05, 4.69) is 24.4 Å². The zero-order chi connectivity index (χ0) is 13.0. The summed E-state index contributed by atoms with van der Waals surface area (Å²) in [7, 11) is 0. The lowest BCUT2D eigenvalue weighted by atomic mass is 10.1. The first-order valence-electron chi connectivity index (χ1n) is 6.09. The van der Waals surface area contributed by atoms with Crippen LogP contribution in [-0.4, -0.2) is 5.91 Å². The monoisotopic (exact) mass is 239 g/mol. The van der Waals surface area contributed by atoms with Crippen LogP contribution in [0.1, 0.15) is 34.5 Å². The maximum atomic E-state index is 12.0. The smallest absolute Gasteiger partial charge is 0.251 e. The van der Waals surface area contributed by atoms with E-state index in [9.17, 15) is 4.79 Å². The highest BCUT2D eigenvalue weighted by atomic mass is 16.1. The average Bonchev–Trinajstić information content (AvgIpc) is 2.39. The number of nitrogens with one attached hydrogen (secondary N) is 1. The molecule has 0 aromatic heterocycles. The standard InChI is InChI=1S/C16H17NO/c1-12-7-6-10-15(11-12)13(2)17-16(18)14-8-4-3-5-9-14/h3-11,13H,1-2H3,(H,17,18). The summed E-state index contributed by atoms with van der Waals surface area (Å²) in [4.78, 5) is 12.0. The lowest BCUT2D eigenvalue weighted by Gasteiger charge is -2.14. The minimum atomic E-state index is -0.0374. The van der Waals surface area contributed by atoms with Gasteiger partial charge in [0.05, 0.1) is 6.04 Å². The molecule has 0 aliphatic heterocycles. The largest absolute Gasteiger partial charge is 0.346 e. The highest BCUT2D eigenvalue weighted by Crippen LogP contribution is 2.14. The SMILES string of the molecule is Cc1cccc(C(C)NC(=O)c2ccccc2)c1. The molecule has 0 fully saturated rings. The van der Waals surface area contributed by atoms with Crippen LogP contribution in [0, 0.1) is 6.92 Å².